The fourth-order valence-corrected chi connectivity index (χ4v) is 8.57. The van der Waals surface area contributed by atoms with Gasteiger partial charge in [0.05, 0.1) is 38.7 Å². The van der Waals surface area contributed by atoms with Crippen molar-refractivity contribution in [1.82, 2.24) is 9.13 Å². The Bertz CT molecular complexity index is 3270. The molecule has 8 aromatic carbocycles. The van der Waals surface area contributed by atoms with Crippen molar-refractivity contribution < 1.29 is 4.42 Å². The molecule has 0 spiro atoms. The van der Waals surface area contributed by atoms with Gasteiger partial charge in [0.15, 0.2) is 0 Å². The van der Waals surface area contributed by atoms with Crippen molar-refractivity contribution in [3.8, 4) is 39.7 Å². The van der Waals surface area contributed by atoms with Crippen molar-refractivity contribution in [3.63, 3.8) is 0 Å². The van der Waals surface area contributed by atoms with Crippen molar-refractivity contribution in [1.29, 1.82) is 5.26 Å². The number of para-hydroxylation sites is 4. The first-order valence-electron chi connectivity index (χ1n) is 17.8. The molecule has 0 saturated heterocycles. The van der Waals surface area contributed by atoms with Gasteiger partial charge < -0.3 is 13.6 Å². The number of nitriles is 1. The second-order valence-electron chi connectivity index (χ2n) is 13.5. The highest BCUT2D eigenvalue weighted by Gasteiger charge is 2.29. The van der Waals surface area contributed by atoms with Crippen molar-refractivity contribution in [3.05, 3.63) is 181 Å². The molecule has 0 amide bonds. The molecule has 0 bridgehead atoms. The predicted molar refractivity (Wildman–Crippen MR) is 218 cm³/mol. The van der Waals surface area contributed by atoms with Crippen LogP contribution < -0.4 is 0 Å². The summed E-state index contributed by atoms with van der Waals surface area (Å²) in [5.74, 6) is 0. The Hall–Kier alpha value is -7.35. The Morgan fingerprint density at radius 1 is 0.434 bits per heavy atom. The Balaban J connectivity index is 1.41. The molecule has 3 aromatic heterocycles. The third-order valence-electron chi connectivity index (χ3n) is 10.7. The molecule has 11 aromatic rings. The van der Waals surface area contributed by atoms with Crippen LogP contribution in [0.4, 0.5) is 0 Å². The Morgan fingerprint density at radius 2 is 0.943 bits per heavy atom. The first kappa shape index (κ1) is 29.4. The highest BCUT2D eigenvalue weighted by molar-refractivity contribution is 6.23. The molecule has 0 radical (unpaired) electrons. The van der Waals surface area contributed by atoms with Crippen LogP contribution in [0.25, 0.3) is 99.2 Å². The zero-order chi connectivity index (χ0) is 35.0. The number of fused-ring (bicyclic) bond motifs is 9. The summed E-state index contributed by atoms with van der Waals surface area (Å²) in [6.07, 6.45) is 0. The summed E-state index contributed by atoms with van der Waals surface area (Å²) < 4.78 is 11.6. The third kappa shape index (κ3) is 4.16. The highest BCUT2D eigenvalue weighted by Crippen LogP contribution is 2.50. The van der Waals surface area contributed by atoms with Gasteiger partial charge in [0, 0.05) is 43.7 Å². The zero-order valence-electron chi connectivity index (χ0n) is 28.5. The van der Waals surface area contributed by atoms with Gasteiger partial charge in [0.2, 0.25) is 0 Å². The van der Waals surface area contributed by atoms with Crippen LogP contribution in [-0.4, -0.2) is 9.13 Å². The van der Waals surface area contributed by atoms with E-state index in [1.54, 1.807) is 0 Å². The van der Waals surface area contributed by atoms with Gasteiger partial charge >= 0.3 is 0 Å². The lowest BCUT2D eigenvalue weighted by Crippen LogP contribution is -2.03. The van der Waals surface area contributed by atoms with E-state index in [9.17, 15) is 5.26 Å². The highest BCUT2D eigenvalue weighted by atomic mass is 16.3. The lowest BCUT2D eigenvalue weighted by atomic mass is 9.88. The van der Waals surface area contributed by atoms with E-state index in [4.69, 9.17) is 4.42 Å². The van der Waals surface area contributed by atoms with E-state index in [1.165, 1.54) is 10.8 Å². The number of rotatable bonds is 4. The molecule has 0 atom stereocenters. The number of furan rings is 1. The maximum atomic E-state index is 11.3. The Labute approximate surface area is 304 Å². The topological polar surface area (TPSA) is 46.8 Å². The molecular formula is C49H29N3O. The van der Waals surface area contributed by atoms with E-state index in [1.807, 2.05) is 48.5 Å². The molecule has 3 heterocycles. The van der Waals surface area contributed by atoms with Gasteiger partial charge in [-0.25, -0.2) is 0 Å². The van der Waals surface area contributed by atoms with E-state index >= 15 is 0 Å². The van der Waals surface area contributed by atoms with Gasteiger partial charge in [-0.05, 0) is 53.6 Å². The smallest absolute Gasteiger partial charge is 0.146 e. The fourth-order valence-electron chi connectivity index (χ4n) is 8.57. The van der Waals surface area contributed by atoms with Crippen LogP contribution in [0.5, 0.6) is 0 Å². The summed E-state index contributed by atoms with van der Waals surface area (Å²) >= 11 is 0. The summed E-state index contributed by atoms with van der Waals surface area (Å²) in [5.41, 5.74) is 12.1. The van der Waals surface area contributed by atoms with Crippen LogP contribution in [0.1, 0.15) is 5.56 Å². The van der Waals surface area contributed by atoms with Gasteiger partial charge in [-0.15, -0.1) is 0 Å². The Kier molecular flexibility index (Phi) is 6.28. The molecule has 0 saturated carbocycles. The maximum absolute atomic E-state index is 11.3. The number of benzene rings is 8. The molecule has 0 aliphatic heterocycles. The van der Waals surface area contributed by atoms with Crippen LogP contribution >= 0.6 is 0 Å². The van der Waals surface area contributed by atoms with E-state index in [2.05, 4.69) is 143 Å². The van der Waals surface area contributed by atoms with E-state index in [0.717, 1.165) is 82.8 Å². The maximum Gasteiger partial charge on any atom is 0.146 e. The Morgan fingerprint density at radius 3 is 1.58 bits per heavy atom. The number of hydrogen-bond acceptors (Lipinski definition) is 2. The number of hydrogen-bond donors (Lipinski definition) is 0. The summed E-state index contributed by atoms with van der Waals surface area (Å²) in [5, 5.41) is 18.0. The molecule has 246 valence electrons. The second-order valence-corrected chi connectivity index (χ2v) is 13.5. The summed E-state index contributed by atoms with van der Waals surface area (Å²) in [6.45, 7) is 0. The van der Waals surface area contributed by atoms with Crippen molar-refractivity contribution in [2.75, 3.05) is 0 Å². The van der Waals surface area contributed by atoms with Crippen LogP contribution in [0.3, 0.4) is 0 Å². The third-order valence-corrected chi connectivity index (χ3v) is 10.7. The van der Waals surface area contributed by atoms with Crippen molar-refractivity contribution in [2.45, 2.75) is 0 Å². The molecule has 0 aliphatic rings. The number of aromatic nitrogens is 2. The minimum atomic E-state index is 0.578. The van der Waals surface area contributed by atoms with Gasteiger partial charge in [-0.3, -0.25) is 0 Å². The van der Waals surface area contributed by atoms with E-state index in [0.29, 0.717) is 11.1 Å². The number of nitrogens with zero attached hydrogens (tertiary/aromatic N) is 3. The molecule has 11 rings (SSSR count). The minimum Gasteiger partial charge on any atom is -0.455 e. The summed E-state index contributed by atoms with van der Waals surface area (Å²) in [6, 6.07) is 64.0. The molecule has 4 nitrogen and oxygen atoms in total. The van der Waals surface area contributed by atoms with E-state index in [-0.39, 0.29) is 0 Å². The average molecular weight is 676 g/mol. The molecular weight excluding hydrogens is 647 g/mol. The normalized spacial score (nSPS) is 11.8. The van der Waals surface area contributed by atoms with Crippen LogP contribution in [-0.2, 0) is 0 Å². The van der Waals surface area contributed by atoms with Crippen LogP contribution in [0, 0.1) is 11.3 Å². The standard InChI is InChI=1S/C49H29N3O/c50-30-39-45(31-16-4-1-5-17-31)48(47-36-24-12-15-27-44(36)53-49(47)46(39)32-18-6-2-7-19-32)52-41-26-14-11-23-35(41)38-28-37-34-22-10-13-25-40(34)51(42(37)29-43(38)52)33-20-8-3-9-21-33/h1-29H. The van der Waals surface area contributed by atoms with E-state index < -0.39 is 0 Å². The predicted octanol–water partition coefficient (Wildman–Crippen LogP) is 13.0. The molecule has 0 fully saturated rings. The molecule has 0 aliphatic carbocycles. The summed E-state index contributed by atoms with van der Waals surface area (Å²) in [4.78, 5) is 0. The zero-order valence-corrected chi connectivity index (χ0v) is 28.5. The van der Waals surface area contributed by atoms with Crippen LogP contribution in [0.15, 0.2) is 180 Å². The largest absolute Gasteiger partial charge is 0.455 e. The van der Waals surface area contributed by atoms with Crippen molar-refractivity contribution >= 4 is 65.6 Å². The SMILES string of the molecule is N#Cc1c(-c2ccccc2)c(-n2c3ccccc3c3cc4c5ccccc5n(-c5ccccc5)c4cc32)c2c(oc3ccccc32)c1-c1ccccc1. The van der Waals surface area contributed by atoms with Crippen molar-refractivity contribution in [2.24, 2.45) is 0 Å². The molecule has 0 unspecified atom stereocenters. The van der Waals surface area contributed by atoms with Gasteiger partial charge in [0.1, 0.15) is 17.2 Å². The van der Waals surface area contributed by atoms with Gasteiger partial charge in [-0.1, -0.05) is 133 Å². The fraction of sp³-hybridized carbons (Fsp3) is 0. The molecule has 4 heteroatoms. The second kappa shape index (κ2) is 11.3. The van der Waals surface area contributed by atoms with Crippen LogP contribution in [0.2, 0.25) is 0 Å². The lowest BCUT2D eigenvalue weighted by molar-refractivity contribution is 0.670. The molecule has 53 heavy (non-hydrogen) atoms. The summed E-state index contributed by atoms with van der Waals surface area (Å²) in [7, 11) is 0. The van der Waals surface area contributed by atoms with Gasteiger partial charge in [0.25, 0.3) is 0 Å². The monoisotopic (exact) mass is 675 g/mol. The molecule has 0 N–H and O–H groups in total. The average Bonchev–Trinajstić information content (AvgIpc) is 3.87. The first-order chi connectivity index (χ1) is 26.3. The minimum absolute atomic E-state index is 0.578. The lowest BCUT2D eigenvalue weighted by Gasteiger charge is -2.20. The first-order valence-corrected chi connectivity index (χ1v) is 17.8. The quantitative estimate of drug-likeness (QED) is 0.186. The van der Waals surface area contributed by atoms with Gasteiger partial charge in [-0.2, -0.15) is 5.26 Å².